The van der Waals surface area contributed by atoms with E-state index in [9.17, 15) is 9.90 Å². The van der Waals surface area contributed by atoms with Gasteiger partial charge in [0.2, 0.25) is 0 Å². The Morgan fingerprint density at radius 3 is 2.89 bits per heavy atom. The normalized spacial score (nSPS) is 10.1. The van der Waals surface area contributed by atoms with Gasteiger partial charge in [0.1, 0.15) is 23.8 Å². The van der Waals surface area contributed by atoms with E-state index >= 15 is 0 Å². The van der Waals surface area contributed by atoms with Gasteiger partial charge >= 0.3 is 0 Å². The predicted octanol–water partition coefficient (Wildman–Crippen LogP) is 2.49. The Morgan fingerprint density at radius 1 is 1.33 bits per heavy atom. The van der Waals surface area contributed by atoms with Crippen LogP contribution in [-0.4, -0.2) is 16.4 Å². The van der Waals surface area contributed by atoms with Crippen molar-refractivity contribution >= 4 is 6.29 Å². The van der Waals surface area contributed by atoms with Crippen LogP contribution >= 0.6 is 0 Å². The van der Waals surface area contributed by atoms with Crippen LogP contribution in [0.5, 0.6) is 11.5 Å². The lowest BCUT2D eigenvalue weighted by molar-refractivity contribution is 0.111. The van der Waals surface area contributed by atoms with Gasteiger partial charge in [-0.15, -0.1) is 0 Å². The summed E-state index contributed by atoms with van der Waals surface area (Å²) in [6, 6.07) is 10.3. The number of benzene rings is 1. The van der Waals surface area contributed by atoms with Gasteiger partial charge in [-0.25, -0.2) is 4.98 Å². The van der Waals surface area contributed by atoms with E-state index < -0.39 is 0 Å². The molecule has 0 bridgehead atoms. The van der Waals surface area contributed by atoms with Gasteiger partial charge in [-0.05, 0) is 36.8 Å². The maximum absolute atomic E-state index is 10.9. The molecule has 92 valence electrons. The number of carbonyl (C=O) groups excluding carboxylic acids is 1. The molecule has 0 spiro atoms. The maximum Gasteiger partial charge on any atom is 0.172 e. The molecule has 0 aliphatic heterocycles. The summed E-state index contributed by atoms with van der Waals surface area (Å²) in [5.41, 5.74) is 1.88. The number of nitrogens with zero attached hydrogens (tertiary/aromatic N) is 1. The average Bonchev–Trinajstić information content (AvgIpc) is 2.37. The minimum absolute atomic E-state index is 0.189. The van der Waals surface area contributed by atoms with Crippen LogP contribution < -0.4 is 4.74 Å². The first-order valence-corrected chi connectivity index (χ1v) is 5.52. The largest absolute Gasteiger partial charge is 0.508 e. The molecule has 0 saturated carbocycles. The van der Waals surface area contributed by atoms with Gasteiger partial charge < -0.3 is 9.84 Å². The van der Waals surface area contributed by atoms with Crippen molar-refractivity contribution in [3.05, 3.63) is 53.3 Å². The smallest absolute Gasteiger partial charge is 0.172 e. The molecule has 0 atom stereocenters. The summed E-state index contributed by atoms with van der Waals surface area (Å²) in [6.45, 7) is 2.09. The van der Waals surface area contributed by atoms with Crippen molar-refractivity contribution in [3.63, 3.8) is 0 Å². The number of aldehydes is 1. The monoisotopic (exact) mass is 243 g/mol. The van der Waals surface area contributed by atoms with Crippen LogP contribution in [0, 0.1) is 6.92 Å². The summed E-state index contributed by atoms with van der Waals surface area (Å²) in [7, 11) is 0. The summed E-state index contributed by atoms with van der Waals surface area (Å²) in [5.74, 6) is 0.632. The van der Waals surface area contributed by atoms with Crippen molar-refractivity contribution in [3.8, 4) is 11.5 Å². The average molecular weight is 243 g/mol. The molecule has 0 radical (unpaired) electrons. The fraction of sp³-hybridized carbons (Fsp3) is 0.143. The Balaban J connectivity index is 2.13. The Hall–Kier alpha value is -2.36. The number of phenolic OH excluding ortho intramolecular Hbond substituents is 1. The van der Waals surface area contributed by atoms with E-state index in [-0.39, 0.29) is 18.1 Å². The summed E-state index contributed by atoms with van der Waals surface area (Å²) in [5, 5.41) is 9.32. The predicted molar refractivity (Wildman–Crippen MR) is 66.8 cm³/mol. The lowest BCUT2D eigenvalue weighted by Gasteiger charge is -2.08. The van der Waals surface area contributed by atoms with Gasteiger partial charge in [-0.2, -0.15) is 0 Å². The van der Waals surface area contributed by atoms with Crippen molar-refractivity contribution < 1.29 is 14.6 Å². The first kappa shape index (κ1) is 12.1. The SMILES string of the molecule is Cc1ccc(OCc2cccc(O)c2)c(C=O)n1. The highest BCUT2D eigenvalue weighted by Gasteiger charge is 2.05. The molecular weight excluding hydrogens is 230 g/mol. The molecule has 0 amide bonds. The quantitative estimate of drug-likeness (QED) is 0.838. The third-order valence-electron chi connectivity index (χ3n) is 2.44. The van der Waals surface area contributed by atoms with Gasteiger partial charge in [0.25, 0.3) is 0 Å². The van der Waals surface area contributed by atoms with Crippen LogP contribution in [0.25, 0.3) is 0 Å². The summed E-state index contributed by atoms with van der Waals surface area (Å²) in [6.07, 6.45) is 0.671. The number of carbonyl (C=O) groups is 1. The minimum atomic E-state index is 0.189. The first-order chi connectivity index (χ1) is 8.69. The van der Waals surface area contributed by atoms with Crippen LogP contribution in [0.4, 0.5) is 0 Å². The molecule has 1 heterocycles. The molecule has 0 saturated heterocycles. The lowest BCUT2D eigenvalue weighted by atomic mass is 10.2. The van der Waals surface area contributed by atoms with E-state index in [0.29, 0.717) is 12.0 Å². The molecule has 1 aromatic carbocycles. The summed E-state index contributed by atoms with van der Waals surface area (Å²) in [4.78, 5) is 14.9. The molecule has 4 nitrogen and oxygen atoms in total. The van der Waals surface area contributed by atoms with Crippen molar-refractivity contribution in [2.45, 2.75) is 13.5 Å². The van der Waals surface area contributed by atoms with E-state index in [0.717, 1.165) is 11.3 Å². The van der Waals surface area contributed by atoms with Crippen LogP contribution in [-0.2, 0) is 6.61 Å². The third-order valence-corrected chi connectivity index (χ3v) is 2.44. The number of hydrogen-bond acceptors (Lipinski definition) is 4. The zero-order valence-corrected chi connectivity index (χ0v) is 9.96. The first-order valence-electron chi connectivity index (χ1n) is 5.52. The summed E-state index contributed by atoms with van der Waals surface area (Å²) >= 11 is 0. The highest BCUT2D eigenvalue weighted by atomic mass is 16.5. The van der Waals surface area contributed by atoms with Gasteiger partial charge in [-0.3, -0.25) is 4.79 Å². The number of ether oxygens (including phenoxy) is 1. The molecule has 0 aliphatic carbocycles. The molecule has 4 heteroatoms. The molecule has 0 fully saturated rings. The topological polar surface area (TPSA) is 59.4 Å². The number of aromatic hydroxyl groups is 1. The zero-order chi connectivity index (χ0) is 13.0. The number of phenols is 1. The molecule has 0 aliphatic rings. The second kappa shape index (κ2) is 5.31. The molecular formula is C14H13NO3. The van der Waals surface area contributed by atoms with Gasteiger partial charge in [0.15, 0.2) is 6.29 Å². The van der Waals surface area contributed by atoms with Crippen LogP contribution in [0.15, 0.2) is 36.4 Å². The van der Waals surface area contributed by atoms with E-state index in [4.69, 9.17) is 4.74 Å². The molecule has 1 N–H and O–H groups in total. The maximum atomic E-state index is 10.9. The Bertz CT molecular complexity index is 567. The second-order valence-electron chi connectivity index (χ2n) is 3.91. The Kier molecular flexibility index (Phi) is 3.57. The molecule has 18 heavy (non-hydrogen) atoms. The molecule has 0 unspecified atom stereocenters. The van der Waals surface area contributed by atoms with E-state index in [1.807, 2.05) is 13.0 Å². The van der Waals surface area contributed by atoms with Gasteiger partial charge in [0, 0.05) is 5.69 Å². The number of aryl methyl sites for hydroxylation is 1. The number of aromatic nitrogens is 1. The molecule has 2 rings (SSSR count). The minimum Gasteiger partial charge on any atom is -0.508 e. The summed E-state index contributed by atoms with van der Waals surface area (Å²) < 4.78 is 5.52. The van der Waals surface area contributed by atoms with Crippen molar-refractivity contribution in [1.29, 1.82) is 0 Å². The Labute approximate surface area is 105 Å². The third kappa shape index (κ3) is 2.85. The number of hydrogen-bond donors (Lipinski definition) is 1. The van der Waals surface area contributed by atoms with Crippen LogP contribution in [0.1, 0.15) is 21.7 Å². The van der Waals surface area contributed by atoms with Crippen molar-refractivity contribution in [2.75, 3.05) is 0 Å². The standard InChI is InChI=1S/C14H13NO3/c1-10-5-6-14(13(8-16)15-10)18-9-11-3-2-4-12(17)7-11/h2-8,17H,9H2,1H3. The fourth-order valence-electron chi connectivity index (χ4n) is 1.58. The van der Waals surface area contributed by atoms with Crippen LogP contribution in [0.3, 0.4) is 0 Å². The van der Waals surface area contributed by atoms with Crippen molar-refractivity contribution in [2.24, 2.45) is 0 Å². The van der Waals surface area contributed by atoms with Crippen molar-refractivity contribution in [1.82, 2.24) is 4.98 Å². The number of pyridine rings is 1. The van der Waals surface area contributed by atoms with E-state index in [1.54, 1.807) is 30.3 Å². The molecule has 1 aromatic heterocycles. The van der Waals surface area contributed by atoms with E-state index in [2.05, 4.69) is 4.98 Å². The van der Waals surface area contributed by atoms with Gasteiger partial charge in [-0.1, -0.05) is 12.1 Å². The fourth-order valence-corrected chi connectivity index (χ4v) is 1.58. The zero-order valence-electron chi connectivity index (χ0n) is 9.96. The highest BCUT2D eigenvalue weighted by Crippen LogP contribution is 2.18. The van der Waals surface area contributed by atoms with E-state index in [1.165, 1.54) is 0 Å². The highest BCUT2D eigenvalue weighted by molar-refractivity contribution is 5.76. The lowest BCUT2D eigenvalue weighted by Crippen LogP contribution is -2.00. The second-order valence-corrected chi connectivity index (χ2v) is 3.91. The van der Waals surface area contributed by atoms with Crippen LogP contribution in [0.2, 0.25) is 0 Å². The Morgan fingerprint density at radius 2 is 2.17 bits per heavy atom. The van der Waals surface area contributed by atoms with Gasteiger partial charge in [0.05, 0.1) is 0 Å². The number of rotatable bonds is 4. The molecule has 2 aromatic rings.